The number of benzene rings is 1. The number of aromatic nitrogens is 1. The van der Waals surface area contributed by atoms with Crippen LogP contribution >= 0.6 is 11.3 Å². The van der Waals surface area contributed by atoms with Crippen LogP contribution in [0.3, 0.4) is 0 Å². The molecule has 21 heavy (non-hydrogen) atoms. The molecule has 3 rings (SSSR count). The first-order valence-corrected chi connectivity index (χ1v) is 8.05. The zero-order chi connectivity index (χ0) is 14.7. The van der Waals surface area contributed by atoms with Crippen LogP contribution in [-0.4, -0.2) is 34.0 Å². The van der Waals surface area contributed by atoms with Crippen molar-refractivity contribution in [1.29, 1.82) is 0 Å². The Balaban J connectivity index is 1.60. The van der Waals surface area contributed by atoms with Crippen LogP contribution in [0.4, 0.5) is 0 Å². The summed E-state index contributed by atoms with van der Waals surface area (Å²) >= 11 is 1.68. The number of rotatable bonds is 4. The summed E-state index contributed by atoms with van der Waals surface area (Å²) in [5.74, 6) is -0.826. The average molecular weight is 302 g/mol. The standard InChI is InChI=1S/C16H18N2O2S/c19-16(20)13-6-8-18(9-7-13)10-15-17-14(11-21-15)12-4-2-1-3-5-12/h1-5,11,13H,6-10H2,(H,19,20). The van der Waals surface area contributed by atoms with Crippen molar-refractivity contribution < 1.29 is 9.90 Å². The maximum absolute atomic E-state index is 11.0. The molecular weight excluding hydrogens is 284 g/mol. The van der Waals surface area contributed by atoms with Crippen molar-refractivity contribution in [2.75, 3.05) is 13.1 Å². The number of carboxylic acid groups (broad SMARTS) is 1. The summed E-state index contributed by atoms with van der Waals surface area (Å²) < 4.78 is 0. The first-order valence-electron chi connectivity index (χ1n) is 7.17. The van der Waals surface area contributed by atoms with Gasteiger partial charge in [-0.05, 0) is 25.9 Å². The van der Waals surface area contributed by atoms with Crippen LogP contribution in [0.2, 0.25) is 0 Å². The van der Waals surface area contributed by atoms with E-state index >= 15 is 0 Å². The first kappa shape index (κ1) is 14.2. The van der Waals surface area contributed by atoms with E-state index in [1.807, 2.05) is 18.2 Å². The Kier molecular flexibility index (Phi) is 4.31. The number of hydrogen-bond donors (Lipinski definition) is 1. The largest absolute Gasteiger partial charge is 0.481 e. The second kappa shape index (κ2) is 6.37. The SMILES string of the molecule is O=C(O)C1CCN(Cc2nc(-c3ccccc3)cs2)CC1. The minimum atomic E-state index is -0.657. The Morgan fingerprint density at radius 3 is 2.67 bits per heavy atom. The van der Waals surface area contributed by atoms with Crippen molar-refractivity contribution in [3.63, 3.8) is 0 Å². The molecule has 1 N–H and O–H groups in total. The van der Waals surface area contributed by atoms with Gasteiger partial charge in [0.1, 0.15) is 5.01 Å². The first-order chi connectivity index (χ1) is 10.2. The van der Waals surface area contributed by atoms with Gasteiger partial charge in [-0.25, -0.2) is 4.98 Å². The van der Waals surface area contributed by atoms with Crippen molar-refractivity contribution >= 4 is 17.3 Å². The number of aliphatic carboxylic acids is 1. The van der Waals surface area contributed by atoms with Gasteiger partial charge < -0.3 is 5.11 Å². The summed E-state index contributed by atoms with van der Waals surface area (Å²) in [6.07, 6.45) is 1.48. The van der Waals surface area contributed by atoms with Crippen molar-refractivity contribution in [3.8, 4) is 11.3 Å². The molecule has 1 fully saturated rings. The van der Waals surface area contributed by atoms with Crippen LogP contribution in [0.5, 0.6) is 0 Å². The second-order valence-electron chi connectivity index (χ2n) is 5.38. The number of likely N-dealkylation sites (tertiary alicyclic amines) is 1. The highest BCUT2D eigenvalue weighted by atomic mass is 32.1. The smallest absolute Gasteiger partial charge is 0.306 e. The molecule has 0 atom stereocenters. The molecule has 0 amide bonds. The van der Waals surface area contributed by atoms with Crippen LogP contribution in [0, 0.1) is 5.92 Å². The van der Waals surface area contributed by atoms with E-state index in [-0.39, 0.29) is 5.92 Å². The number of carboxylic acids is 1. The van der Waals surface area contributed by atoms with E-state index < -0.39 is 5.97 Å². The van der Waals surface area contributed by atoms with Gasteiger partial charge in [0, 0.05) is 10.9 Å². The van der Waals surface area contributed by atoms with E-state index in [2.05, 4.69) is 27.4 Å². The minimum Gasteiger partial charge on any atom is -0.481 e. The van der Waals surface area contributed by atoms with Crippen LogP contribution in [0.15, 0.2) is 35.7 Å². The van der Waals surface area contributed by atoms with Gasteiger partial charge in [-0.3, -0.25) is 9.69 Å². The molecule has 0 saturated carbocycles. The summed E-state index contributed by atoms with van der Waals surface area (Å²) in [6, 6.07) is 10.2. The molecule has 1 saturated heterocycles. The lowest BCUT2D eigenvalue weighted by Crippen LogP contribution is -2.35. The summed E-state index contributed by atoms with van der Waals surface area (Å²) in [4.78, 5) is 17.9. The van der Waals surface area contributed by atoms with Gasteiger partial charge >= 0.3 is 5.97 Å². The van der Waals surface area contributed by atoms with Crippen LogP contribution in [0.1, 0.15) is 17.8 Å². The molecule has 1 aliphatic heterocycles. The molecule has 4 nitrogen and oxygen atoms in total. The normalized spacial score (nSPS) is 17.0. The number of thiazole rings is 1. The average Bonchev–Trinajstić information content (AvgIpc) is 2.97. The third kappa shape index (κ3) is 3.49. The predicted molar refractivity (Wildman–Crippen MR) is 83.2 cm³/mol. The van der Waals surface area contributed by atoms with E-state index in [0.717, 1.165) is 48.7 Å². The maximum atomic E-state index is 11.0. The lowest BCUT2D eigenvalue weighted by molar-refractivity contribution is -0.143. The van der Waals surface area contributed by atoms with Crippen molar-refractivity contribution in [3.05, 3.63) is 40.7 Å². The number of hydrogen-bond acceptors (Lipinski definition) is 4. The highest BCUT2D eigenvalue weighted by Crippen LogP contribution is 2.24. The van der Waals surface area contributed by atoms with E-state index in [1.165, 1.54) is 0 Å². The topological polar surface area (TPSA) is 53.4 Å². The third-order valence-corrected chi connectivity index (χ3v) is 4.75. The highest BCUT2D eigenvalue weighted by molar-refractivity contribution is 7.09. The van der Waals surface area contributed by atoms with E-state index in [1.54, 1.807) is 11.3 Å². The Morgan fingerprint density at radius 2 is 2.00 bits per heavy atom. The third-order valence-electron chi connectivity index (χ3n) is 3.92. The number of carbonyl (C=O) groups is 1. The van der Waals surface area contributed by atoms with Gasteiger partial charge in [0.2, 0.25) is 0 Å². The number of nitrogens with zero attached hydrogens (tertiary/aromatic N) is 2. The van der Waals surface area contributed by atoms with Crippen molar-refractivity contribution in [2.45, 2.75) is 19.4 Å². The zero-order valence-electron chi connectivity index (χ0n) is 11.7. The molecular formula is C16H18N2O2S. The molecule has 2 heterocycles. The molecule has 2 aromatic rings. The van der Waals surface area contributed by atoms with Gasteiger partial charge in [-0.1, -0.05) is 30.3 Å². The molecule has 0 unspecified atom stereocenters. The van der Waals surface area contributed by atoms with Crippen molar-refractivity contribution in [1.82, 2.24) is 9.88 Å². The van der Waals surface area contributed by atoms with Crippen LogP contribution in [0.25, 0.3) is 11.3 Å². The van der Waals surface area contributed by atoms with Crippen LogP contribution < -0.4 is 0 Å². The predicted octanol–water partition coefficient (Wildman–Crippen LogP) is 3.11. The van der Waals surface area contributed by atoms with Gasteiger partial charge in [0.15, 0.2) is 0 Å². The Bertz CT molecular complexity index is 604. The zero-order valence-corrected chi connectivity index (χ0v) is 12.6. The van der Waals surface area contributed by atoms with Crippen LogP contribution in [-0.2, 0) is 11.3 Å². The molecule has 0 bridgehead atoms. The fraction of sp³-hybridized carbons (Fsp3) is 0.375. The molecule has 1 aliphatic rings. The minimum absolute atomic E-state index is 0.169. The Labute approximate surface area is 128 Å². The molecule has 0 aliphatic carbocycles. The summed E-state index contributed by atoms with van der Waals surface area (Å²) in [5, 5.41) is 12.2. The van der Waals surface area contributed by atoms with E-state index in [4.69, 9.17) is 5.11 Å². The fourth-order valence-corrected chi connectivity index (χ4v) is 3.50. The molecule has 5 heteroatoms. The molecule has 0 spiro atoms. The lowest BCUT2D eigenvalue weighted by Gasteiger charge is -2.29. The number of piperidine rings is 1. The monoisotopic (exact) mass is 302 g/mol. The van der Waals surface area contributed by atoms with E-state index in [9.17, 15) is 4.79 Å². The highest BCUT2D eigenvalue weighted by Gasteiger charge is 2.24. The summed E-state index contributed by atoms with van der Waals surface area (Å²) in [6.45, 7) is 2.51. The molecule has 1 aromatic heterocycles. The molecule has 1 aromatic carbocycles. The fourth-order valence-electron chi connectivity index (χ4n) is 2.65. The Hall–Kier alpha value is -1.72. The lowest BCUT2D eigenvalue weighted by atomic mass is 9.97. The maximum Gasteiger partial charge on any atom is 0.306 e. The summed E-state index contributed by atoms with van der Waals surface area (Å²) in [7, 11) is 0. The van der Waals surface area contributed by atoms with Gasteiger partial charge in [-0.2, -0.15) is 0 Å². The van der Waals surface area contributed by atoms with E-state index in [0.29, 0.717) is 0 Å². The van der Waals surface area contributed by atoms with Gasteiger partial charge in [-0.15, -0.1) is 11.3 Å². The van der Waals surface area contributed by atoms with Gasteiger partial charge in [0.25, 0.3) is 0 Å². The summed E-state index contributed by atoms with van der Waals surface area (Å²) in [5.41, 5.74) is 2.17. The van der Waals surface area contributed by atoms with Crippen molar-refractivity contribution in [2.24, 2.45) is 5.92 Å². The molecule has 110 valence electrons. The Morgan fingerprint density at radius 1 is 1.29 bits per heavy atom. The quantitative estimate of drug-likeness (QED) is 0.943. The van der Waals surface area contributed by atoms with Gasteiger partial charge in [0.05, 0.1) is 18.2 Å². The molecule has 0 radical (unpaired) electrons. The second-order valence-corrected chi connectivity index (χ2v) is 6.32.